The van der Waals surface area contributed by atoms with Gasteiger partial charge in [0.05, 0.1) is 0 Å². The third-order valence-electron chi connectivity index (χ3n) is 11.1. The molecule has 200 valence electrons. The summed E-state index contributed by atoms with van der Waals surface area (Å²) in [6.07, 6.45) is 41.6. The lowest BCUT2D eigenvalue weighted by atomic mass is 9.65. The summed E-state index contributed by atoms with van der Waals surface area (Å²) in [6.45, 7) is 4.67. The lowest BCUT2D eigenvalue weighted by molar-refractivity contribution is 0.107. The Balaban J connectivity index is 1.10. The van der Waals surface area contributed by atoms with Crippen LogP contribution in [-0.2, 0) is 0 Å². The number of unbranched alkanes of at least 4 members (excludes halogenated alkanes) is 3. The van der Waals surface area contributed by atoms with Crippen LogP contribution in [0.2, 0.25) is 0 Å². The van der Waals surface area contributed by atoms with Crippen LogP contribution in [0.4, 0.5) is 0 Å². The molecule has 0 saturated heterocycles. The SMILES string of the molecule is CCCCCC1C=CC(/C=C/C2CCC(C3CCC(C4CCC(CCCC)CC4)CC3)CC2)CC1. The predicted octanol–water partition coefficient (Wildman–Crippen LogP) is 11.3. The zero-order valence-electron chi connectivity index (χ0n) is 23.8. The second kappa shape index (κ2) is 15.0. The van der Waals surface area contributed by atoms with Gasteiger partial charge in [-0.1, -0.05) is 89.5 Å². The highest BCUT2D eigenvalue weighted by atomic mass is 14.4. The third-order valence-corrected chi connectivity index (χ3v) is 11.1. The first-order chi connectivity index (χ1) is 17.2. The van der Waals surface area contributed by atoms with Crippen LogP contribution in [0.3, 0.4) is 0 Å². The maximum Gasteiger partial charge on any atom is -0.00531 e. The average Bonchev–Trinajstić information content (AvgIpc) is 2.92. The van der Waals surface area contributed by atoms with Crippen molar-refractivity contribution in [3.05, 3.63) is 24.3 Å². The van der Waals surface area contributed by atoms with E-state index >= 15 is 0 Å². The summed E-state index contributed by atoms with van der Waals surface area (Å²) in [5.74, 6) is 7.87. The van der Waals surface area contributed by atoms with Gasteiger partial charge in [0.2, 0.25) is 0 Å². The highest BCUT2D eigenvalue weighted by Crippen LogP contribution is 2.46. The van der Waals surface area contributed by atoms with Crippen LogP contribution in [0.5, 0.6) is 0 Å². The van der Waals surface area contributed by atoms with Crippen molar-refractivity contribution >= 4 is 0 Å². The van der Waals surface area contributed by atoms with Crippen LogP contribution in [0, 0.1) is 47.3 Å². The van der Waals surface area contributed by atoms with Gasteiger partial charge in [0, 0.05) is 0 Å². The van der Waals surface area contributed by atoms with Crippen LogP contribution >= 0.6 is 0 Å². The lowest BCUT2D eigenvalue weighted by Crippen LogP contribution is -2.29. The Kier molecular flexibility index (Phi) is 11.8. The molecule has 2 atom stereocenters. The minimum absolute atomic E-state index is 0.729. The molecular weight excluding hydrogens is 420 g/mol. The molecule has 2 unspecified atom stereocenters. The van der Waals surface area contributed by atoms with E-state index in [1.54, 1.807) is 51.4 Å². The van der Waals surface area contributed by atoms with E-state index in [2.05, 4.69) is 38.2 Å². The predicted molar refractivity (Wildman–Crippen MR) is 155 cm³/mol. The third kappa shape index (κ3) is 8.78. The molecule has 0 aromatic carbocycles. The Labute approximate surface area is 220 Å². The topological polar surface area (TPSA) is 0 Å². The van der Waals surface area contributed by atoms with Crippen LogP contribution in [0.1, 0.15) is 149 Å². The van der Waals surface area contributed by atoms with Crippen molar-refractivity contribution in [1.82, 2.24) is 0 Å². The Morgan fingerprint density at radius 1 is 0.514 bits per heavy atom. The van der Waals surface area contributed by atoms with Gasteiger partial charge in [0.25, 0.3) is 0 Å². The summed E-state index contributed by atoms with van der Waals surface area (Å²) >= 11 is 0. The van der Waals surface area contributed by atoms with Gasteiger partial charge >= 0.3 is 0 Å². The lowest BCUT2D eigenvalue weighted by Gasteiger charge is -2.41. The average molecular weight is 481 g/mol. The van der Waals surface area contributed by atoms with Crippen molar-refractivity contribution in [2.75, 3.05) is 0 Å². The zero-order chi connectivity index (χ0) is 24.3. The molecule has 0 N–H and O–H groups in total. The van der Waals surface area contributed by atoms with Crippen LogP contribution in [-0.4, -0.2) is 0 Å². The van der Waals surface area contributed by atoms with Gasteiger partial charge in [0.15, 0.2) is 0 Å². The number of hydrogen-bond donors (Lipinski definition) is 0. The fourth-order valence-corrected chi connectivity index (χ4v) is 8.59. The molecular formula is C35H60. The van der Waals surface area contributed by atoms with Gasteiger partial charge in [-0.2, -0.15) is 0 Å². The minimum atomic E-state index is 0.729. The summed E-state index contributed by atoms with van der Waals surface area (Å²) in [5, 5.41) is 0. The normalized spacial score (nSPS) is 38.7. The monoisotopic (exact) mass is 480 g/mol. The first-order valence-electron chi connectivity index (χ1n) is 16.6. The minimum Gasteiger partial charge on any atom is -0.0848 e. The molecule has 4 aliphatic rings. The van der Waals surface area contributed by atoms with Gasteiger partial charge in [-0.25, -0.2) is 0 Å². The first kappa shape index (κ1) is 27.5. The van der Waals surface area contributed by atoms with E-state index in [0.29, 0.717) is 0 Å². The molecule has 0 aromatic heterocycles. The van der Waals surface area contributed by atoms with E-state index in [4.69, 9.17) is 0 Å². The molecule has 0 heterocycles. The fraction of sp³-hybridized carbons (Fsp3) is 0.886. The molecule has 0 radical (unpaired) electrons. The summed E-state index contributed by atoms with van der Waals surface area (Å²) in [4.78, 5) is 0. The number of rotatable bonds is 11. The van der Waals surface area contributed by atoms with Gasteiger partial charge in [0.1, 0.15) is 0 Å². The molecule has 35 heavy (non-hydrogen) atoms. The Hall–Kier alpha value is -0.520. The first-order valence-corrected chi connectivity index (χ1v) is 16.6. The largest absolute Gasteiger partial charge is 0.0848 e. The summed E-state index contributed by atoms with van der Waals surface area (Å²) in [5.41, 5.74) is 0. The maximum absolute atomic E-state index is 2.64. The molecule has 0 amide bonds. The molecule has 0 bridgehead atoms. The number of allylic oxidation sites excluding steroid dienone is 4. The van der Waals surface area contributed by atoms with E-state index < -0.39 is 0 Å². The second-order valence-electron chi connectivity index (χ2n) is 13.5. The van der Waals surface area contributed by atoms with Crippen molar-refractivity contribution in [2.24, 2.45) is 47.3 Å². The van der Waals surface area contributed by atoms with E-state index in [-0.39, 0.29) is 0 Å². The van der Waals surface area contributed by atoms with Gasteiger partial charge in [-0.15, -0.1) is 0 Å². The van der Waals surface area contributed by atoms with Crippen molar-refractivity contribution in [3.8, 4) is 0 Å². The Morgan fingerprint density at radius 2 is 1.09 bits per heavy atom. The maximum atomic E-state index is 2.64. The van der Waals surface area contributed by atoms with Gasteiger partial charge < -0.3 is 0 Å². The van der Waals surface area contributed by atoms with Crippen molar-refractivity contribution in [3.63, 3.8) is 0 Å². The van der Waals surface area contributed by atoms with Gasteiger partial charge in [-0.3, -0.25) is 0 Å². The second-order valence-corrected chi connectivity index (χ2v) is 13.5. The summed E-state index contributed by atoms with van der Waals surface area (Å²) < 4.78 is 0. The van der Waals surface area contributed by atoms with Crippen molar-refractivity contribution in [2.45, 2.75) is 149 Å². The quantitative estimate of drug-likeness (QED) is 0.204. The molecule has 0 spiro atoms. The Bertz CT molecular complexity index is 604. The Morgan fingerprint density at radius 3 is 1.63 bits per heavy atom. The zero-order valence-corrected chi connectivity index (χ0v) is 23.8. The molecule has 0 aliphatic heterocycles. The molecule has 0 heteroatoms. The smallest absolute Gasteiger partial charge is 0.00531 e. The van der Waals surface area contributed by atoms with E-state index in [1.807, 2.05) is 0 Å². The molecule has 4 aliphatic carbocycles. The number of hydrogen-bond acceptors (Lipinski definition) is 0. The van der Waals surface area contributed by atoms with E-state index in [9.17, 15) is 0 Å². The van der Waals surface area contributed by atoms with Crippen molar-refractivity contribution in [1.29, 1.82) is 0 Å². The molecule has 0 aromatic rings. The summed E-state index contributed by atoms with van der Waals surface area (Å²) in [6, 6.07) is 0. The molecule has 3 fully saturated rings. The summed E-state index contributed by atoms with van der Waals surface area (Å²) in [7, 11) is 0. The fourth-order valence-electron chi connectivity index (χ4n) is 8.59. The van der Waals surface area contributed by atoms with Crippen LogP contribution in [0.15, 0.2) is 24.3 Å². The van der Waals surface area contributed by atoms with E-state index in [1.165, 1.54) is 83.5 Å². The standard InChI is InChI=1S/C35H60/c1-3-5-7-9-29-10-12-30(13-11-29)14-15-31-18-22-33(23-19-31)35-26-24-34(25-27-35)32-20-16-28(17-21-32)8-6-4-2/h10,12,14-15,28-35H,3-9,11,13,16-27H2,1-2H3/b15-14+. The van der Waals surface area contributed by atoms with E-state index in [0.717, 1.165) is 47.3 Å². The molecule has 3 saturated carbocycles. The van der Waals surface area contributed by atoms with Crippen LogP contribution in [0.25, 0.3) is 0 Å². The molecule has 4 rings (SSSR count). The van der Waals surface area contributed by atoms with Crippen molar-refractivity contribution < 1.29 is 0 Å². The van der Waals surface area contributed by atoms with Gasteiger partial charge in [-0.05, 0) is 131 Å². The van der Waals surface area contributed by atoms with Crippen LogP contribution < -0.4 is 0 Å². The highest BCUT2D eigenvalue weighted by molar-refractivity contribution is 5.07. The highest BCUT2D eigenvalue weighted by Gasteiger charge is 2.34. The molecule has 0 nitrogen and oxygen atoms in total.